The van der Waals surface area contributed by atoms with E-state index in [1.54, 1.807) is 0 Å². The van der Waals surface area contributed by atoms with Crippen molar-refractivity contribution in [3.8, 4) is 0 Å². The zero-order chi connectivity index (χ0) is 10.2. The van der Waals surface area contributed by atoms with Crippen molar-refractivity contribution >= 4 is 0 Å². The second kappa shape index (κ2) is 7.21. The molecule has 14 heavy (non-hydrogen) atoms. The minimum absolute atomic E-state index is 0.729. The third-order valence-corrected chi connectivity index (χ3v) is 2.73. The number of nitrogens with one attached hydrogen (secondary N) is 1. The van der Waals surface area contributed by atoms with Gasteiger partial charge in [-0.15, -0.1) is 0 Å². The molecule has 1 atom stereocenters. The molecule has 0 aromatic rings. The third kappa shape index (κ3) is 4.94. The zero-order valence-electron chi connectivity index (χ0n) is 9.59. The molecule has 1 aliphatic rings. The summed E-state index contributed by atoms with van der Waals surface area (Å²) in [5.74, 6) is 0. The molecule has 0 saturated carbocycles. The molecule has 1 fully saturated rings. The van der Waals surface area contributed by atoms with Crippen LogP contribution in [0.5, 0.6) is 0 Å². The van der Waals surface area contributed by atoms with E-state index < -0.39 is 0 Å². The molecule has 0 radical (unpaired) electrons. The predicted octanol–water partition coefficient (Wildman–Crippen LogP) is 1.10. The lowest BCUT2D eigenvalue weighted by Gasteiger charge is -2.20. The molecular weight excluding hydrogens is 176 g/mol. The van der Waals surface area contributed by atoms with Gasteiger partial charge < -0.3 is 15.0 Å². The monoisotopic (exact) mass is 200 g/mol. The van der Waals surface area contributed by atoms with Crippen LogP contribution in [0.25, 0.3) is 0 Å². The van der Waals surface area contributed by atoms with Gasteiger partial charge in [-0.3, -0.25) is 0 Å². The number of hydrogen-bond donors (Lipinski definition) is 1. The molecule has 84 valence electrons. The van der Waals surface area contributed by atoms with Crippen LogP contribution in [0.3, 0.4) is 0 Å². The molecule has 0 bridgehead atoms. The van der Waals surface area contributed by atoms with E-state index in [4.69, 9.17) is 4.74 Å². The Balaban J connectivity index is 1.95. The Kier molecular flexibility index (Phi) is 6.15. The highest BCUT2D eigenvalue weighted by molar-refractivity contribution is 4.76. The highest BCUT2D eigenvalue weighted by atomic mass is 16.5. The average Bonchev–Trinajstić information content (AvgIpc) is 2.65. The topological polar surface area (TPSA) is 24.5 Å². The van der Waals surface area contributed by atoms with Crippen LogP contribution in [0.2, 0.25) is 0 Å². The van der Waals surface area contributed by atoms with E-state index in [1.165, 1.54) is 25.9 Å². The van der Waals surface area contributed by atoms with Crippen molar-refractivity contribution < 1.29 is 4.74 Å². The lowest BCUT2D eigenvalue weighted by atomic mass is 10.2. The lowest BCUT2D eigenvalue weighted by Crippen LogP contribution is -2.36. The van der Waals surface area contributed by atoms with Gasteiger partial charge in [0.2, 0.25) is 0 Å². The molecular formula is C11H24N2O. The number of hydrogen-bond acceptors (Lipinski definition) is 3. The fourth-order valence-electron chi connectivity index (χ4n) is 1.96. The Bertz CT molecular complexity index is 135. The summed E-state index contributed by atoms with van der Waals surface area (Å²) >= 11 is 0. The van der Waals surface area contributed by atoms with Gasteiger partial charge in [0.25, 0.3) is 0 Å². The second-order valence-electron chi connectivity index (χ2n) is 4.11. The third-order valence-electron chi connectivity index (χ3n) is 2.73. The van der Waals surface area contributed by atoms with E-state index in [-0.39, 0.29) is 0 Å². The van der Waals surface area contributed by atoms with Crippen molar-refractivity contribution in [2.24, 2.45) is 0 Å². The molecule has 0 amide bonds. The van der Waals surface area contributed by atoms with Gasteiger partial charge in [0.1, 0.15) is 0 Å². The minimum Gasteiger partial charge on any atom is -0.382 e. The smallest absolute Gasteiger partial charge is 0.0478 e. The Morgan fingerprint density at radius 1 is 1.50 bits per heavy atom. The quantitative estimate of drug-likeness (QED) is 0.623. The van der Waals surface area contributed by atoms with Crippen LogP contribution in [0.4, 0.5) is 0 Å². The van der Waals surface area contributed by atoms with E-state index >= 15 is 0 Å². The first-order valence-electron chi connectivity index (χ1n) is 5.82. The predicted molar refractivity (Wildman–Crippen MR) is 59.6 cm³/mol. The van der Waals surface area contributed by atoms with Crippen molar-refractivity contribution in [1.29, 1.82) is 0 Å². The zero-order valence-corrected chi connectivity index (χ0v) is 9.59. The fourth-order valence-corrected chi connectivity index (χ4v) is 1.96. The number of likely N-dealkylation sites (N-methyl/N-ethyl adjacent to an activating group) is 1. The number of ether oxygens (including phenoxy) is 1. The van der Waals surface area contributed by atoms with Crippen LogP contribution in [-0.4, -0.2) is 50.8 Å². The maximum atomic E-state index is 5.31. The Morgan fingerprint density at radius 3 is 3.00 bits per heavy atom. The standard InChI is InChI=1S/C11H24N2O/c1-3-14-9-5-8-13(2)10-11-6-4-7-12-11/h11-12H,3-10H2,1-2H3. The molecule has 1 unspecified atom stereocenters. The van der Waals surface area contributed by atoms with Crippen LogP contribution < -0.4 is 5.32 Å². The average molecular weight is 200 g/mol. The number of nitrogens with zero attached hydrogens (tertiary/aromatic N) is 1. The summed E-state index contributed by atoms with van der Waals surface area (Å²) in [4.78, 5) is 2.40. The van der Waals surface area contributed by atoms with Crippen LogP contribution in [0, 0.1) is 0 Å². The van der Waals surface area contributed by atoms with Crippen molar-refractivity contribution in [3.05, 3.63) is 0 Å². The molecule has 0 aromatic carbocycles. The molecule has 1 saturated heterocycles. The summed E-state index contributed by atoms with van der Waals surface area (Å²) in [6.45, 7) is 7.33. The van der Waals surface area contributed by atoms with Gasteiger partial charge in [0.15, 0.2) is 0 Å². The van der Waals surface area contributed by atoms with Crippen LogP contribution in [-0.2, 0) is 4.74 Å². The van der Waals surface area contributed by atoms with Crippen molar-refractivity contribution in [1.82, 2.24) is 10.2 Å². The number of rotatable bonds is 7. The van der Waals surface area contributed by atoms with Gasteiger partial charge in [-0.25, -0.2) is 0 Å². The van der Waals surface area contributed by atoms with Gasteiger partial charge >= 0.3 is 0 Å². The van der Waals surface area contributed by atoms with E-state index in [0.717, 1.165) is 32.2 Å². The van der Waals surface area contributed by atoms with Gasteiger partial charge in [-0.1, -0.05) is 0 Å². The Morgan fingerprint density at radius 2 is 2.36 bits per heavy atom. The highest BCUT2D eigenvalue weighted by Gasteiger charge is 2.15. The van der Waals surface area contributed by atoms with Gasteiger partial charge in [-0.05, 0) is 39.8 Å². The summed E-state index contributed by atoms with van der Waals surface area (Å²) in [7, 11) is 2.20. The second-order valence-corrected chi connectivity index (χ2v) is 4.11. The van der Waals surface area contributed by atoms with E-state index in [9.17, 15) is 0 Å². The first kappa shape index (κ1) is 12.0. The molecule has 1 heterocycles. The molecule has 3 heteroatoms. The van der Waals surface area contributed by atoms with Crippen molar-refractivity contribution in [2.75, 3.05) is 39.9 Å². The largest absolute Gasteiger partial charge is 0.382 e. The normalized spacial score (nSPS) is 22.1. The molecule has 0 aliphatic carbocycles. The lowest BCUT2D eigenvalue weighted by molar-refractivity contribution is 0.134. The maximum absolute atomic E-state index is 5.31. The Hall–Kier alpha value is -0.120. The van der Waals surface area contributed by atoms with Crippen molar-refractivity contribution in [2.45, 2.75) is 32.2 Å². The van der Waals surface area contributed by atoms with Crippen LogP contribution in [0.15, 0.2) is 0 Å². The minimum atomic E-state index is 0.729. The summed E-state index contributed by atoms with van der Waals surface area (Å²) in [6.07, 6.45) is 3.84. The summed E-state index contributed by atoms with van der Waals surface area (Å²) in [5, 5.41) is 3.52. The molecule has 1 N–H and O–H groups in total. The van der Waals surface area contributed by atoms with Crippen molar-refractivity contribution in [3.63, 3.8) is 0 Å². The summed E-state index contributed by atoms with van der Waals surface area (Å²) in [5.41, 5.74) is 0. The summed E-state index contributed by atoms with van der Waals surface area (Å²) < 4.78 is 5.31. The molecule has 0 spiro atoms. The molecule has 1 rings (SSSR count). The molecule has 0 aromatic heterocycles. The first-order chi connectivity index (χ1) is 6.83. The molecule has 3 nitrogen and oxygen atoms in total. The summed E-state index contributed by atoms with van der Waals surface area (Å²) in [6, 6.07) is 0.729. The van der Waals surface area contributed by atoms with Gasteiger partial charge in [0, 0.05) is 32.3 Å². The van der Waals surface area contributed by atoms with E-state index in [2.05, 4.69) is 17.3 Å². The SMILES string of the molecule is CCOCCCN(C)CC1CCCN1. The van der Waals surface area contributed by atoms with E-state index in [1.807, 2.05) is 6.92 Å². The van der Waals surface area contributed by atoms with E-state index in [0.29, 0.717) is 0 Å². The van der Waals surface area contributed by atoms with Gasteiger partial charge in [-0.2, -0.15) is 0 Å². The van der Waals surface area contributed by atoms with Gasteiger partial charge in [0.05, 0.1) is 0 Å². The van der Waals surface area contributed by atoms with Crippen LogP contribution >= 0.6 is 0 Å². The Labute approximate surface area is 87.8 Å². The maximum Gasteiger partial charge on any atom is 0.0478 e. The highest BCUT2D eigenvalue weighted by Crippen LogP contribution is 2.05. The fraction of sp³-hybridized carbons (Fsp3) is 1.00. The first-order valence-corrected chi connectivity index (χ1v) is 5.82. The van der Waals surface area contributed by atoms with Crippen LogP contribution in [0.1, 0.15) is 26.2 Å². The molecule has 1 aliphatic heterocycles.